The molecule has 3 aromatic rings. The van der Waals surface area contributed by atoms with Crippen LogP contribution in [-0.4, -0.2) is 38.5 Å². The number of hydrogen-bond donors (Lipinski definition) is 1. The summed E-state index contributed by atoms with van der Waals surface area (Å²) in [6, 6.07) is 17.5. The van der Waals surface area contributed by atoms with Gasteiger partial charge in [-0.2, -0.15) is 9.41 Å². The highest BCUT2D eigenvalue weighted by Crippen LogP contribution is 2.24. The molecule has 3 rings (SSSR count). The molecule has 1 N–H and O–H groups in total. The number of amides is 1. The van der Waals surface area contributed by atoms with Crippen molar-refractivity contribution in [2.75, 3.05) is 13.7 Å². The highest BCUT2D eigenvalue weighted by atomic mass is 32.2. The largest absolute Gasteiger partial charge is 0.496 e. The maximum absolute atomic E-state index is 13.4. The van der Waals surface area contributed by atoms with Gasteiger partial charge in [0.2, 0.25) is 10.0 Å². The van der Waals surface area contributed by atoms with Crippen molar-refractivity contribution in [3.63, 3.8) is 0 Å². The second-order valence-electron chi connectivity index (χ2n) is 6.70. The van der Waals surface area contributed by atoms with E-state index in [4.69, 9.17) is 4.74 Å². The summed E-state index contributed by atoms with van der Waals surface area (Å²) in [4.78, 5) is 13.4. The van der Waals surface area contributed by atoms with Crippen molar-refractivity contribution < 1.29 is 17.9 Å². The molecule has 0 saturated heterocycles. The van der Waals surface area contributed by atoms with Gasteiger partial charge in [-0.05, 0) is 47.7 Å². The third-order valence-corrected chi connectivity index (χ3v) is 7.04. The number of nitrogens with one attached hydrogen (secondary N) is 1. The number of thiophene rings is 1. The molecule has 0 fully saturated rings. The second kappa shape index (κ2) is 10.3. The van der Waals surface area contributed by atoms with Gasteiger partial charge < -0.3 is 4.74 Å². The first-order valence-electron chi connectivity index (χ1n) is 9.44. The third kappa shape index (κ3) is 6.00. The van der Waals surface area contributed by atoms with Gasteiger partial charge in [-0.25, -0.2) is 13.8 Å². The summed E-state index contributed by atoms with van der Waals surface area (Å²) in [5, 5.41) is 5.81. The van der Waals surface area contributed by atoms with Gasteiger partial charge in [0.1, 0.15) is 5.75 Å². The summed E-state index contributed by atoms with van der Waals surface area (Å²) in [5.41, 5.74) is 3.86. The van der Waals surface area contributed by atoms with E-state index in [0.29, 0.717) is 11.3 Å². The Balaban J connectivity index is 1.83. The zero-order valence-electron chi connectivity index (χ0n) is 17.2. The molecule has 0 radical (unpaired) electrons. The van der Waals surface area contributed by atoms with E-state index in [1.54, 1.807) is 19.1 Å². The van der Waals surface area contributed by atoms with Crippen LogP contribution in [0, 0.1) is 6.92 Å². The maximum Gasteiger partial charge on any atom is 0.255 e. The fourth-order valence-corrected chi connectivity index (χ4v) is 4.96. The molecule has 0 aliphatic heterocycles. The Labute approximate surface area is 186 Å². The molecule has 0 atom stereocenters. The summed E-state index contributed by atoms with van der Waals surface area (Å²) in [6.45, 7) is 1.45. The minimum absolute atomic E-state index is 0.0519. The van der Waals surface area contributed by atoms with Crippen molar-refractivity contribution in [2.45, 2.75) is 18.4 Å². The van der Waals surface area contributed by atoms with Crippen molar-refractivity contribution in [2.24, 2.45) is 5.10 Å². The highest BCUT2D eigenvalue weighted by molar-refractivity contribution is 7.89. The molecule has 162 valence electrons. The number of hydrogen-bond acceptors (Lipinski definition) is 6. The van der Waals surface area contributed by atoms with Crippen LogP contribution in [0.2, 0.25) is 0 Å². The number of aryl methyl sites for hydroxylation is 1. The Morgan fingerprint density at radius 1 is 1.16 bits per heavy atom. The van der Waals surface area contributed by atoms with Crippen LogP contribution < -0.4 is 10.2 Å². The van der Waals surface area contributed by atoms with Gasteiger partial charge in [0.05, 0.1) is 24.8 Å². The minimum Gasteiger partial charge on any atom is -0.496 e. The first-order valence-corrected chi connectivity index (χ1v) is 11.8. The van der Waals surface area contributed by atoms with Gasteiger partial charge in [-0.3, -0.25) is 4.79 Å². The average Bonchev–Trinajstić information content (AvgIpc) is 3.27. The first kappa shape index (κ1) is 22.7. The van der Waals surface area contributed by atoms with Crippen molar-refractivity contribution in [3.8, 4) is 5.75 Å². The molecule has 1 heterocycles. The maximum atomic E-state index is 13.4. The normalized spacial score (nSPS) is 11.7. The van der Waals surface area contributed by atoms with E-state index >= 15 is 0 Å². The Hall–Kier alpha value is -3.01. The Bertz CT molecular complexity index is 1140. The molecular weight excluding hydrogens is 434 g/mol. The zero-order chi connectivity index (χ0) is 22.3. The summed E-state index contributed by atoms with van der Waals surface area (Å²) in [5.74, 6) is 0.0618. The lowest BCUT2D eigenvalue weighted by Gasteiger charge is -2.22. The van der Waals surface area contributed by atoms with Gasteiger partial charge in [0.25, 0.3) is 5.91 Å². The van der Waals surface area contributed by atoms with E-state index in [2.05, 4.69) is 10.5 Å². The van der Waals surface area contributed by atoms with Crippen molar-refractivity contribution in [1.29, 1.82) is 0 Å². The lowest BCUT2D eigenvalue weighted by Crippen LogP contribution is -2.39. The average molecular weight is 458 g/mol. The van der Waals surface area contributed by atoms with Crippen LogP contribution in [0.5, 0.6) is 5.75 Å². The molecule has 0 unspecified atom stereocenters. The van der Waals surface area contributed by atoms with Crippen LogP contribution in [0.3, 0.4) is 0 Å². The fourth-order valence-electron chi connectivity index (χ4n) is 2.90. The fraction of sp³-hybridized carbons (Fsp3) is 0.182. The number of rotatable bonds is 9. The summed E-state index contributed by atoms with van der Waals surface area (Å²) in [7, 11) is -2.42. The molecular formula is C22H23N3O4S2. The highest BCUT2D eigenvalue weighted by Gasteiger charge is 2.27. The molecule has 0 aliphatic rings. The van der Waals surface area contributed by atoms with E-state index in [-0.39, 0.29) is 18.0 Å². The number of benzene rings is 2. The molecule has 1 aromatic heterocycles. The predicted molar refractivity (Wildman–Crippen MR) is 122 cm³/mol. The molecule has 1 amide bonds. The van der Waals surface area contributed by atoms with E-state index in [1.165, 1.54) is 30.7 Å². The molecule has 0 bridgehead atoms. The van der Waals surface area contributed by atoms with Crippen LogP contribution in [-0.2, 0) is 21.4 Å². The van der Waals surface area contributed by atoms with Gasteiger partial charge >= 0.3 is 0 Å². The van der Waals surface area contributed by atoms with Gasteiger partial charge in [-0.1, -0.05) is 36.4 Å². The number of carbonyl (C=O) groups excluding carboxylic acids is 1. The number of methoxy groups -OCH3 is 1. The van der Waals surface area contributed by atoms with E-state index < -0.39 is 15.9 Å². The van der Waals surface area contributed by atoms with Crippen molar-refractivity contribution >= 4 is 33.5 Å². The summed E-state index contributed by atoms with van der Waals surface area (Å²) < 4.78 is 33.1. The number of hydrazone groups is 1. The van der Waals surface area contributed by atoms with Gasteiger partial charge in [0.15, 0.2) is 0 Å². The third-order valence-electron chi connectivity index (χ3n) is 4.45. The summed E-state index contributed by atoms with van der Waals surface area (Å²) >= 11 is 1.48. The van der Waals surface area contributed by atoms with E-state index in [1.807, 2.05) is 47.8 Å². The zero-order valence-corrected chi connectivity index (χ0v) is 18.8. The standard InChI is InChI=1S/C22H23N3O4S2/c1-17-13-20(10-11-21(17)29-2)31(27,28)25(15-18-7-4-3-5-8-18)16-22(26)24-23-14-19-9-6-12-30-19/h3-14H,15-16H2,1-2H3,(H,24,26). The molecule has 7 nitrogen and oxygen atoms in total. The Kier molecular flexibility index (Phi) is 7.56. The number of ether oxygens (including phenoxy) is 1. The molecule has 31 heavy (non-hydrogen) atoms. The monoisotopic (exact) mass is 457 g/mol. The summed E-state index contributed by atoms with van der Waals surface area (Å²) in [6.07, 6.45) is 1.52. The van der Waals surface area contributed by atoms with Crippen molar-refractivity contribution in [3.05, 3.63) is 82.0 Å². The predicted octanol–water partition coefficient (Wildman–Crippen LogP) is 3.41. The van der Waals surface area contributed by atoms with Crippen molar-refractivity contribution in [1.82, 2.24) is 9.73 Å². The van der Waals surface area contributed by atoms with E-state index in [0.717, 1.165) is 14.7 Å². The lowest BCUT2D eigenvalue weighted by atomic mass is 10.2. The number of carbonyl (C=O) groups is 1. The van der Waals surface area contributed by atoms with Gasteiger partial charge in [-0.15, -0.1) is 11.3 Å². The first-order chi connectivity index (χ1) is 14.9. The van der Waals surface area contributed by atoms with Crippen LogP contribution >= 0.6 is 11.3 Å². The van der Waals surface area contributed by atoms with Crippen LogP contribution in [0.4, 0.5) is 0 Å². The smallest absolute Gasteiger partial charge is 0.255 e. The number of nitrogens with zero attached hydrogens (tertiary/aromatic N) is 2. The molecule has 9 heteroatoms. The second-order valence-corrected chi connectivity index (χ2v) is 9.62. The van der Waals surface area contributed by atoms with E-state index in [9.17, 15) is 13.2 Å². The lowest BCUT2D eigenvalue weighted by molar-refractivity contribution is -0.121. The topological polar surface area (TPSA) is 88.1 Å². The van der Waals surface area contributed by atoms with Gasteiger partial charge in [0, 0.05) is 11.4 Å². The Morgan fingerprint density at radius 2 is 1.94 bits per heavy atom. The van der Waals surface area contributed by atoms with Crippen LogP contribution in [0.15, 0.2) is 76.0 Å². The number of sulfonamides is 1. The Morgan fingerprint density at radius 3 is 2.58 bits per heavy atom. The molecule has 2 aromatic carbocycles. The SMILES string of the molecule is COc1ccc(S(=O)(=O)N(CC(=O)NN=Cc2cccs2)Cc2ccccc2)cc1C. The molecule has 0 saturated carbocycles. The molecule has 0 aliphatic carbocycles. The van der Waals surface area contributed by atoms with Crippen LogP contribution in [0.25, 0.3) is 0 Å². The molecule has 0 spiro atoms. The van der Waals surface area contributed by atoms with Crippen LogP contribution in [0.1, 0.15) is 16.0 Å². The quantitative estimate of drug-likeness (QED) is 0.394. The minimum atomic E-state index is -3.94.